The van der Waals surface area contributed by atoms with E-state index in [-0.39, 0.29) is 25.0 Å². The number of allylic oxidation sites excluding steroid dienone is 1. The number of ether oxygens (including phenoxy) is 2. The first-order chi connectivity index (χ1) is 8.44. The Labute approximate surface area is 107 Å². The monoisotopic (exact) mass is 256 g/mol. The van der Waals surface area contributed by atoms with Crippen molar-refractivity contribution in [3.8, 4) is 0 Å². The van der Waals surface area contributed by atoms with E-state index in [1.54, 1.807) is 6.08 Å². The summed E-state index contributed by atoms with van der Waals surface area (Å²) in [5, 5.41) is 0. The number of ketones is 1. The van der Waals surface area contributed by atoms with Crippen molar-refractivity contribution in [2.45, 2.75) is 32.6 Å². The van der Waals surface area contributed by atoms with Gasteiger partial charge < -0.3 is 14.3 Å². The van der Waals surface area contributed by atoms with Gasteiger partial charge in [0.2, 0.25) is 0 Å². The Bertz CT molecular complexity index is 316. The molecule has 0 unspecified atom stereocenters. The first-order valence-electron chi connectivity index (χ1n) is 5.71. The third kappa shape index (κ3) is 3.98. The number of Topliss-reactive ketones (excluding diaryl/α,β-unsaturated/α-hetero) is 1. The highest BCUT2D eigenvalue weighted by Crippen LogP contribution is 2.33. The zero-order chi connectivity index (χ0) is 14.2. The topological polar surface area (TPSA) is 69.7 Å². The predicted molar refractivity (Wildman–Crippen MR) is 65.8 cm³/mol. The molecule has 0 atom stereocenters. The van der Waals surface area contributed by atoms with Crippen molar-refractivity contribution >= 4 is 17.7 Å². The molecule has 0 fully saturated rings. The van der Waals surface area contributed by atoms with Crippen molar-refractivity contribution < 1.29 is 23.9 Å². The van der Waals surface area contributed by atoms with Gasteiger partial charge in [0.1, 0.15) is 5.78 Å². The first-order valence-corrected chi connectivity index (χ1v) is 5.71. The molecule has 0 aromatic rings. The second kappa shape index (κ2) is 7.63. The molecule has 0 aliphatic rings. The zero-order valence-corrected chi connectivity index (χ0v) is 11.2. The van der Waals surface area contributed by atoms with E-state index in [0.717, 1.165) is 0 Å². The molecule has 0 heterocycles. The molecule has 0 N–H and O–H groups in total. The van der Waals surface area contributed by atoms with E-state index in [0.29, 0.717) is 6.42 Å². The lowest BCUT2D eigenvalue weighted by atomic mass is 9.78. The van der Waals surface area contributed by atoms with Gasteiger partial charge in [0.05, 0.1) is 14.2 Å². The molecule has 0 radical (unpaired) electrons. The van der Waals surface area contributed by atoms with Crippen LogP contribution < -0.4 is 0 Å². The molecule has 0 aromatic heterocycles. The summed E-state index contributed by atoms with van der Waals surface area (Å²) in [5.74, 6) is -1.43. The largest absolute Gasteiger partial charge is 0.468 e. The maximum absolute atomic E-state index is 11.9. The Morgan fingerprint density at radius 1 is 1.11 bits per heavy atom. The van der Waals surface area contributed by atoms with Crippen LogP contribution in [0.1, 0.15) is 32.6 Å². The van der Waals surface area contributed by atoms with Gasteiger partial charge in [-0.2, -0.15) is 0 Å². The number of esters is 2. The summed E-state index contributed by atoms with van der Waals surface area (Å²) < 4.78 is 9.37. The number of rotatable bonds is 8. The van der Waals surface area contributed by atoms with Crippen molar-refractivity contribution in [3.63, 3.8) is 0 Å². The average Bonchev–Trinajstić information content (AvgIpc) is 2.37. The summed E-state index contributed by atoms with van der Waals surface area (Å²) in [5.41, 5.74) is -1.41. The summed E-state index contributed by atoms with van der Waals surface area (Å²) in [6.07, 6.45) is 2.51. The quantitative estimate of drug-likeness (QED) is 0.375. The minimum atomic E-state index is -1.41. The van der Waals surface area contributed by atoms with E-state index >= 15 is 0 Å². The fourth-order valence-electron chi connectivity index (χ4n) is 1.75. The lowest BCUT2D eigenvalue weighted by Crippen LogP contribution is -2.41. The highest BCUT2D eigenvalue weighted by atomic mass is 16.5. The predicted octanol–water partition coefficient (Wildman–Crippen LogP) is 1.65. The van der Waals surface area contributed by atoms with E-state index in [2.05, 4.69) is 16.1 Å². The lowest BCUT2D eigenvalue weighted by Gasteiger charge is -2.27. The van der Waals surface area contributed by atoms with E-state index in [1.807, 2.05) is 0 Å². The minimum Gasteiger partial charge on any atom is -0.468 e. The Morgan fingerprint density at radius 2 is 1.61 bits per heavy atom. The summed E-state index contributed by atoms with van der Waals surface area (Å²) in [7, 11) is 2.42. The van der Waals surface area contributed by atoms with Crippen LogP contribution in [0.3, 0.4) is 0 Å². The molecule has 0 rings (SSSR count). The lowest BCUT2D eigenvalue weighted by molar-refractivity contribution is -0.170. The normalized spacial score (nSPS) is 10.6. The third-order valence-corrected chi connectivity index (χ3v) is 2.83. The van der Waals surface area contributed by atoms with Gasteiger partial charge in [-0.1, -0.05) is 6.08 Å². The maximum atomic E-state index is 11.9. The van der Waals surface area contributed by atoms with Gasteiger partial charge in [-0.05, 0) is 26.2 Å². The van der Waals surface area contributed by atoms with Gasteiger partial charge in [0.15, 0.2) is 5.41 Å². The van der Waals surface area contributed by atoms with Gasteiger partial charge >= 0.3 is 11.9 Å². The third-order valence-electron chi connectivity index (χ3n) is 2.83. The molecule has 5 nitrogen and oxygen atoms in total. The Kier molecular flexibility index (Phi) is 6.93. The molecular weight excluding hydrogens is 236 g/mol. The number of methoxy groups -OCH3 is 2. The molecule has 0 aliphatic heterocycles. The van der Waals surface area contributed by atoms with E-state index in [1.165, 1.54) is 21.1 Å². The average molecular weight is 256 g/mol. The van der Waals surface area contributed by atoms with Gasteiger partial charge in [-0.25, -0.2) is 0 Å². The van der Waals surface area contributed by atoms with E-state index in [4.69, 9.17) is 0 Å². The fraction of sp³-hybridized carbons (Fsp3) is 0.615. The second-order valence-electron chi connectivity index (χ2n) is 4.09. The first kappa shape index (κ1) is 16.4. The molecule has 0 aliphatic carbocycles. The van der Waals surface area contributed by atoms with Crippen LogP contribution in [0.15, 0.2) is 12.7 Å². The Morgan fingerprint density at radius 3 is 1.94 bits per heavy atom. The smallest absolute Gasteiger partial charge is 0.323 e. The number of hydrogen-bond acceptors (Lipinski definition) is 5. The minimum absolute atomic E-state index is 0.0919. The van der Waals surface area contributed by atoms with Crippen LogP contribution in [-0.4, -0.2) is 31.9 Å². The van der Waals surface area contributed by atoms with Crippen LogP contribution in [0.2, 0.25) is 0 Å². The molecular formula is C13H20O5. The highest BCUT2D eigenvalue weighted by Gasteiger charge is 2.47. The highest BCUT2D eigenvalue weighted by molar-refractivity contribution is 6.00. The van der Waals surface area contributed by atoms with Crippen LogP contribution >= 0.6 is 0 Å². The van der Waals surface area contributed by atoms with Gasteiger partial charge in [-0.3, -0.25) is 9.59 Å². The van der Waals surface area contributed by atoms with Crippen molar-refractivity contribution in [1.82, 2.24) is 0 Å². The molecule has 0 saturated carbocycles. The van der Waals surface area contributed by atoms with Crippen molar-refractivity contribution in [1.29, 1.82) is 0 Å². The van der Waals surface area contributed by atoms with Crippen LogP contribution in [-0.2, 0) is 23.9 Å². The number of hydrogen-bond donors (Lipinski definition) is 0. The zero-order valence-electron chi connectivity index (χ0n) is 11.2. The maximum Gasteiger partial charge on any atom is 0.323 e. The van der Waals surface area contributed by atoms with Crippen LogP contribution in [0.4, 0.5) is 0 Å². The van der Waals surface area contributed by atoms with Crippen LogP contribution in [0.25, 0.3) is 0 Å². The number of carbonyl (C=O) groups excluding carboxylic acids is 3. The van der Waals surface area contributed by atoms with Gasteiger partial charge in [-0.15, -0.1) is 6.58 Å². The summed E-state index contributed by atoms with van der Waals surface area (Å²) in [6, 6.07) is 0. The standard InChI is InChI=1S/C13H20O5/c1-5-6-8-13(11(15)17-3,12(16)18-4)9-7-10(2)14/h5H,1,6-9H2,2-4H3. The van der Waals surface area contributed by atoms with Crippen LogP contribution in [0, 0.1) is 5.41 Å². The summed E-state index contributed by atoms with van der Waals surface area (Å²) >= 11 is 0. The Hall–Kier alpha value is -1.65. The summed E-state index contributed by atoms with van der Waals surface area (Å²) in [6.45, 7) is 4.97. The molecule has 18 heavy (non-hydrogen) atoms. The SMILES string of the molecule is C=CCCC(CCC(C)=O)(C(=O)OC)C(=O)OC. The van der Waals surface area contributed by atoms with Gasteiger partial charge in [0, 0.05) is 6.42 Å². The van der Waals surface area contributed by atoms with E-state index < -0.39 is 17.4 Å². The molecule has 0 amide bonds. The van der Waals surface area contributed by atoms with Crippen LogP contribution in [0.5, 0.6) is 0 Å². The van der Waals surface area contributed by atoms with Crippen molar-refractivity contribution in [3.05, 3.63) is 12.7 Å². The molecule has 0 bridgehead atoms. The molecule has 0 aromatic carbocycles. The molecule has 0 spiro atoms. The van der Waals surface area contributed by atoms with E-state index in [9.17, 15) is 14.4 Å². The number of carbonyl (C=O) groups is 3. The Balaban J connectivity index is 5.23. The van der Waals surface area contributed by atoms with Crippen molar-refractivity contribution in [2.75, 3.05) is 14.2 Å². The molecule has 102 valence electrons. The molecule has 5 heteroatoms. The van der Waals surface area contributed by atoms with Gasteiger partial charge in [0.25, 0.3) is 0 Å². The second-order valence-corrected chi connectivity index (χ2v) is 4.09. The fourth-order valence-corrected chi connectivity index (χ4v) is 1.75. The van der Waals surface area contributed by atoms with Crippen molar-refractivity contribution in [2.24, 2.45) is 5.41 Å². The molecule has 0 saturated heterocycles. The summed E-state index contributed by atoms with van der Waals surface area (Å²) in [4.78, 5) is 34.8.